The smallest absolute Gasteiger partial charge is 0.148 e. The van der Waals surface area contributed by atoms with Gasteiger partial charge in [0.2, 0.25) is 0 Å². The largest absolute Gasteiger partial charge is 0.225 e. The van der Waals surface area contributed by atoms with E-state index in [9.17, 15) is 0 Å². The summed E-state index contributed by atoms with van der Waals surface area (Å²) in [4.78, 5) is 0. The van der Waals surface area contributed by atoms with E-state index in [1.54, 1.807) is 4.68 Å². The van der Waals surface area contributed by atoms with Crippen molar-refractivity contribution in [3.05, 3.63) is 40.1 Å². The van der Waals surface area contributed by atoms with Gasteiger partial charge < -0.3 is 0 Å². The molecule has 1 aromatic heterocycles. The maximum Gasteiger partial charge on any atom is 0.148 e. The predicted octanol–water partition coefficient (Wildman–Crippen LogP) is 1.79. The number of halogens is 1. The standard InChI is InChI=1S/C9H9BrN4/c1-7-11-12-13-14(7)6-8-3-2-4-9(10)5-8/h2-5H,6H2,1H3. The van der Waals surface area contributed by atoms with E-state index in [1.807, 2.05) is 25.1 Å². The summed E-state index contributed by atoms with van der Waals surface area (Å²) in [5, 5.41) is 11.3. The zero-order chi connectivity index (χ0) is 9.97. The lowest BCUT2D eigenvalue weighted by molar-refractivity contribution is 0.633. The van der Waals surface area contributed by atoms with E-state index in [0.29, 0.717) is 6.54 Å². The van der Waals surface area contributed by atoms with Crippen LogP contribution >= 0.6 is 15.9 Å². The van der Waals surface area contributed by atoms with Crippen LogP contribution in [0.2, 0.25) is 0 Å². The van der Waals surface area contributed by atoms with Crippen molar-refractivity contribution < 1.29 is 0 Å². The molecule has 2 rings (SSSR count). The summed E-state index contributed by atoms with van der Waals surface area (Å²) >= 11 is 3.42. The third-order valence-corrected chi connectivity index (χ3v) is 2.43. The third-order valence-electron chi connectivity index (χ3n) is 1.93. The quantitative estimate of drug-likeness (QED) is 0.819. The molecule has 0 saturated heterocycles. The molecule has 0 N–H and O–H groups in total. The highest BCUT2D eigenvalue weighted by molar-refractivity contribution is 9.10. The minimum Gasteiger partial charge on any atom is -0.225 e. The van der Waals surface area contributed by atoms with Crippen molar-refractivity contribution in [2.45, 2.75) is 13.5 Å². The number of benzene rings is 1. The van der Waals surface area contributed by atoms with Crippen molar-refractivity contribution in [2.24, 2.45) is 0 Å². The average molecular weight is 253 g/mol. The van der Waals surface area contributed by atoms with E-state index in [-0.39, 0.29) is 0 Å². The topological polar surface area (TPSA) is 43.6 Å². The Hall–Kier alpha value is -1.23. The van der Waals surface area contributed by atoms with Gasteiger partial charge in [0.1, 0.15) is 5.82 Å². The molecular formula is C9H9BrN4. The van der Waals surface area contributed by atoms with Crippen LogP contribution in [0.4, 0.5) is 0 Å². The van der Waals surface area contributed by atoms with E-state index < -0.39 is 0 Å². The predicted molar refractivity (Wildman–Crippen MR) is 55.8 cm³/mol. The zero-order valence-corrected chi connectivity index (χ0v) is 9.27. The minimum atomic E-state index is 0.707. The van der Waals surface area contributed by atoms with Crippen molar-refractivity contribution in [3.63, 3.8) is 0 Å². The van der Waals surface area contributed by atoms with Crippen LogP contribution in [0.15, 0.2) is 28.7 Å². The molecule has 4 nitrogen and oxygen atoms in total. The highest BCUT2D eigenvalue weighted by Crippen LogP contribution is 2.12. The average Bonchev–Trinajstić information content (AvgIpc) is 2.52. The Morgan fingerprint density at radius 1 is 1.43 bits per heavy atom. The molecule has 0 unspecified atom stereocenters. The summed E-state index contributed by atoms with van der Waals surface area (Å²) in [7, 11) is 0. The lowest BCUT2D eigenvalue weighted by Gasteiger charge is -2.02. The Labute approximate surface area is 90.1 Å². The number of nitrogens with zero attached hydrogens (tertiary/aromatic N) is 4. The fourth-order valence-corrected chi connectivity index (χ4v) is 1.65. The number of aryl methyl sites for hydroxylation is 1. The van der Waals surface area contributed by atoms with Gasteiger partial charge in [-0.3, -0.25) is 0 Å². The van der Waals surface area contributed by atoms with Crippen LogP contribution in [-0.4, -0.2) is 20.2 Å². The molecule has 0 aliphatic rings. The fourth-order valence-electron chi connectivity index (χ4n) is 1.20. The molecule has 0 amide bonds. The van der Waals surface area contributed by atoms with Crippen LogP contribution in [0.5, 0.6) is 0 Å². The second kappa shape index (κ2) is 3.88. The van der Waals surface area contributed by atoms with Crippen LogP contribution in [-0.2, 0) is 6.54 Å². The molecule has 0 bridgehead atoms. The summed E-state index contributed by atoms with van der Waals surface area (Å²) < 4.78 is 2.84. The maximum absolute atomic E-state index is 3.88. The maximum atomic E-state index is 3.88. The third kappa shape index (κ3) is 1.98. The molecule has 0 atom stereocenters. The monoisotopic (exact) mass is 252 g/mol. The zero-order valence-electron chi connectivity index (χ0n) is 7.68. The Kier molecular flexibility index (Phi) is 2.58. The second-order valence-corrected chi connectivity index (χ2v) is 3.93. The van der Waals surface area contributed by atoms with Crippen LogP contribution in [0.3, 0.4) is 0 Å². The molecule has 14 heavy (non-hydrogen) atoms. The number of tetrazole rings is 1. The van der Waals surface area contributed by atoms with Crippen molar-refractivity contribution in [2.75, 3.05) is 0 Å². The summed E-state index contributed by atoms with van der Waals surface area (Å²) in [6.45, 7) is 2.59. The second-order valence-electron chi connectivity index (χ2n) is 3.01. The Bertz CT molecular complexity index is 438. The number of hydrogen-bond donors (Lipinski definition) is 0. The van der Waals surface area contributed by atoms with Gasteiger partial charge >= 0.3 is 0 Å². The highest BCUT2D eigenvalue weighted by Gasteiger charge is 2.01. The van der Waals surface area contributed by atoms with Crippen molar-refractivity contribution in [3.8, 4) is 0 Å². The number of hydrogen-bond acceptors (Lipinski definition) is 3. The summed E-state index contributed by atoms with van der Waals surface area (Å²) in [6, 6.07) is 8.10. The van der Waals surface area contributed by atoms with Crippen LogP contribution in [0, 0.1) is 6.92 Å². The first kappa shape index (κ1) is 9.33. The van der Waals surface area contributed by atoms with E-state index in [0.717, 1.165) is 10.3 Å². The lowest BCUT2D eigenvalue weighted by atomic mass is 10.2. The van der Waals surface area contributed by atoms with E-state index in [4.69, 9.17) is 0 Å². The molecule has 0 fully saturated rings. The first-order valence-electron chi connectivity index (χ1n) is 4.23. The Balaban J connectivity index is 2.23. The van der Waals surface area contributed by atoms with Gasteiger partial charge in [0.15, 0.2) is 0 Å². The van der Waals surface area contributed by atoms with Gasteiger partial charge in [-0.05, 0) is 35.0 Å². The SMILES string of the molecule is Cc1nnnn1Cc1cccc(Br)c1. The molecule has 0 aliphatic heterocycles. The summed E-state index contributed by atoms with van der Waals surface area (Å²) in [5.74, 6) is 0.824. The molecule has 0 aliphatic carbocycles. The van der Waals surface area contributed by atoms with Crippen molar-refractivity contribution >= 4 is 15.9 Å². The first-order chi connectivity index (χ1) is 6.75. The highest BCUT2D eigenvalue weighted by atomic mass is 79.9. The summed E-state index contributed by atoms with van der Waals surface area (Å²) in [5.41, 5.74) is 1.18. The fraction of sp³-hybridized carbons (Fsp3) is 0.222. The number of aromatic nitrogens is 4. The first-order valence-corrected chi connectivity index (χ1v) is 5.02. The molecular weight excluding hydrogens is 244 g/mol. The molecule has 1 heterocycles. The minimum absolute atomic E-state index is 0.707. The molecule has 0 saturated carbocycles. The molecule has 0 radical (unpaired) electrons. The van der Waals surface area contributed by atoms with Gasteiger partial charge in [0.25, 0.3) is 0 Å². The van der Waals surface area contributed by atoms with Gasteiger partial charge in [-0.2, -0.15) is 0 Å². The van der Waals surface area contributed by atoms with Gasteiger partial charge in [0.05, 0.1) is 6.54 Å². The van der Waals surface area contributed by atoms with E-state index >= 15 is 0 Å². The van der Waals surface area contributed by atoms with Crippen LogP contribution in [0.25, 0.3) is 0 Å². The van der Waals surface area contributed by atoms with Gasteiger partial charge in [-0.25, -0.2) is 4.68 Å². The van der Waals surface area contributed by atoms with E-state index in [2.05, 4.69) is 37.5 Å². The molecule has 72 valence electrons. The van der Waals surface area contributed by atoms with Crippen molar-refractivity contribution in [1.82, 2.24) is 20.2 Å². The van der Waals surface area contributed by atoms with Gasteiger partial charge in [-0.1, -0.05) is 28.1 Å². The molecule has 5 heteroatoms. The van der Waals surface area contributed by atoms with Crippen molar-refractivity contribution in [1.29, 1.82) is 0 Å². The molecule has 1 aromatic carbocycles. The Morgan fingerprint density at radius 3 is 2.93 bits per heavy atom. The molecule has 2 aromatic rings. The van der Waals surface area contributed by atoms with Crippen LogP contribution < -0.4 is 0 Å². The summed E-state index contributed by atoms with van der Waals surface area (Å²) in [6.07, 6.45) is 0. The van der Waals surface area contributed by atoms with Crippen LogP contribution in [0.1, 0.15) is 11.4 Å². The molecule has 0 spiro atoms. The number of rotatable bonds is 2. The van der Waals surface area contributed by atoms with Gasteiger partial charge in [-0.15, -0.1) is 5.10 Å². The lowest BCUT2D eigenvalue weighted by Crippen LogP contribution is -2.03. The normalized spacial score (nSPS) is 10.4. The van der Waals surface area contributed by atoms with Gasteiger partial charge in [0, 0.05) is 4.47 Å². The Morgan fingerprint density at radius 2 is 2.29 bits per heavy atom. The van der Waals surface area contributed by atoms with E-state index in [1.165, 1.54) is 5.56 Å².